The molecule has 1 aliphatic heterocycles. The molecule has 0 spiro atoms. The Bertz CT molecular complexity index is 791. The van der Waals surface area contributed by atoms with Crippen LogP contribution in [0.15, 0.2) is 36.5 Å². The molecule has 6 nitrogen and oxygen atoms in total. The Hall–Kier alpha value is -2.15. The lowest BCUT2D eigenvalue weighted by atomic mass is 10.2. The SMILES string of the molecule is Cc1ccc(Oc2ncccc2C(=O)NCCN2CCN(C)CC2)c(Cl)c1. The molecule has 1 N–H and O–H groups in total. The number of likely N-dealkylation sites (N-methyl/N-ethyl adjacent to an activating group) is 1. The third kappa shape index (κ3) is 5.42. The van der Waals surface area contributed by atoms with Gasteiger partial charge < -0.3 is 15.0 Å². The van der Waals surface area contributed by atoms with Crippen LogP contribution in [0.25, 0.3) is 0 Å². The molecule has 0 saturated carbocycles. The first-order valence-corrected chi connectivity index (χ1v) is 9.49. The Morgan fingerprint density at radius 3 is 2.78 bits per heavy atom. The average molecular weight is 389 g/mol. The molecule has 1 aliphatic rings. The summed E-state index contributed by atoms with van der Waals surface area (Å²) in [6.07, 6.45) is 1.60. The Morgan fingerprint density at radius 2 is 2.04 bits per heavy atom. The van der Waals surface area contributed by atoms with E-state index in [1.807, 2.05) is 19.1 Å². The molecule has 1 aromatic heterocycles. The van der Waals surface area contributed by atoms with Gasteiger partial charge in [0.05, 0.1) is 5.02 Å². The molecule has 2 aromatic rings. The van der Waals surface area contributed by atoms with Gasteiger partial charge in [0.15, 0.2) is 0 Å². The van der Waals surface area contributed by atoms with Gasteiger partial charge in [-0.2, -0.15) is 0 Å². The standard InChI is InChI=1S/C20H25ClN4O2/c1-15-5-6-18(17(21)14-15)27-20-16(4-3-7-23-20)19(26)22-8-9-25-12-10-24(2)11-13-25/h3-7,14H,8-13H2,1-2H3,(H,22,26). The summed E-state index contributed by atoms with van der Waals surface area (Å²) in [4.78, 5) is 21.5. The van der Waals surface area contributed by atoms with Crippen LogP contribution in [-0.4, -0.2) is 67.0 Å². The number of ether oxygens (including phenoxy) is 1. The Labute approximate surface area is 165 Å². The molecule has 0 aliphatic carbocycles. The molecule has 0 bridgehead atoms. The first-order valence-electron chi connectivity index (χ1n) is 9.11. The zero-order chi connectivity index (χ0) is 19.2. The zero-order valence-corrected chi connectivity index (χ0v) is 16.5. The van der Waals surface area contributed by atoms with Crippen molar-refractivity contribution in [1.29, 1.82) is 0 Å². The molecule has 1 amide bonds. The third-order valence-electron chi connectivity index (χ3n) is 4.62. The molecule has 27 heavy (non-hydrogen) atoms. The molecule has 0 atom stereocenters. The smallest absolute Gasteiger partial charge is 0.256 e. The van der Waals surface area contributed by atoms with E-state index >= 15 is 0 Å². The minimum Gasteiger partial charge on any atom is -0.437 e. The van der Waals surface area contributed by atoms with Crippen LogP contribution in [0.5, 0.6) is 11.6 Å². The van der Waals surface area contributed by atoms with Crippen molar-refractivity contribution in [1.82, 2.24) is 20.1 Å². The number of halogens is 1. The Kier molecular flexibility index (Phi) is 6.66. The predicted octanol–water partition coefficient (Wildman–Crippen LogP) is 2.81. The second-order valence-corrected chi connectivity index (χ2v) is 7.20. The van der Waals surface area contributed by atoms with E-state index in [0.29, 0.717) is 22.9 Å². The highest BCUT2D eigenvalue weighted by atomic mass is 35.5. The summed E-state index contributed by atoms with van der Waals surface area (Å²) in [5, 5.41) is 3.45. The van der Waals surface area contributed by atoms with E-state index in [1.165, 1.54) is 0 Å². The lowest BCUT2D eigenvalue weighted by Crippen LogP contribution is -2.46. The number of nitrogens with one attached hydrogen (secondary N) is 1. The fourth-order valence-corrected chi connectivity index (χ4v) is 3.21. The second-order valence-electron chi connectivity index (χ2n) is 6.79. The molecule has 0 radical (unpaired) electrons. The number of hydrogen-bond acceptors (Lipinski definition) is 5. The summed E-state index contributed by atoms with van der Waals surface area (Å²) in [7, 11) is 2.13. The average Bonchev–Trinajstić information content (AvgIpc) is 2.66. The summed E-state index contributed by atoms with van der Waals surface area (Å²) in [6, 6.07) is 8.92. The van der Waals surface area contributed by atoms with Gasteiger partial charge in [-0.05, 0) is 43.8 Å². The van der Waals surface area contributed by atoms with Crippen molar-refractivity contribution in [3.8, 4) is 11.6 Å². The highest BCUT2D eigenvalue weighted by molar-refractivity contribution is 6.32. The molecule has 0 unspecified atom stereocenters. The number of piperazine rings is 1. The molecule has 2 heterocycles. The van der Waals surface area contributed by atoms with E-state index in [2.05, 4.69) is 27.1 Å². The Morgan fingerprint density at radius 1 is 1.26 bits per heavy atom. The monoisotopic (exact) mass is 388 g/mol. The predicted molar refractivity (Wildman–Crippen MR) is 107 cm³/mol. The normalized spacial score (nSPS) is 15.5. The van der Waals surface area contributed by atoms with Crippen LogP contribution in [0, 0.1) is 6.92 Å². The number of aryl methyl sites for hydroxylation is 1. The molecule has 7 heteroatoms. The molecular formula is C20H25ClN4O2. The van der Waals surface area contributed by atoms with Crippen LogP contribution in [0.2, 0.25) is 5.02 Å². The van der Waals surface area contributed by atoms with E-state index in [1.54, 1.807) is 24.4 Å². The van der Waals surface area contributed by atoms with Crippen molar-refractivity contribution >= 4 is 17.5 Å². The zero-order valence-electron chi connectivity index (χ0n) is 15.7. The quantitative estimate of drug-likeness (QED) is 0.824. The third-order valence-corrected chi connectivity index (χ3v) is 4.91. The maximum Gasteiger partial charge on any atom is 0.256 e. The molecule has 144 valence electrons. The summed E-state index contributed by atoms with van der Waals surface area (Å²) in [6.45, 7) is 7.55. The van der Waals surface area contributed by atoms with Crippen molar-refractivity contribution < 1.29 is 9.53 Å². The maximum absolute atomic E-state index is 12.6. The molecule has 3 rings (SSSR count). The van der Waals surface area contributed by atoms with Gasteiger partial charge >= 0.3 is 0 Å². The summed E-state index contributed by atoms with van der Waals surface area (Å²) in [5.74, 6) is 0.531. The Balaban J connectivity index is 1.60. The van der Waals surface area contributed by atoms with Crippen molar-refractivity contribution in [3.05, 3.63) is 52.7 Å². The van der Waals surface area contributed by atoms with Gasteiger partial charge in [-0.1, -0.05) is 17.7 Å². The number of aromatic nitrogens is 1. The van der Waals surface area contributed by atoms with Crippen LogP contribution in [-0.2, 0) is 0 Å². The number of carbonyl (C=O) groups is 1. The number of benzene rings is 1. The number of rotatable bonds is 6. The van der Waals surface area contributed by atoms with E-state index in [4.69, 9.17) is 16.3 Å². The van der Waals surface area contributed by atoms with Crippen molar-refractivity contribution in [2.75, 3.05) is 46.3 Å². The number of carbonyl (C=O) groups excluding carboxylic acids is 1. The lowest BCUT2D eigenvalue weighted by Gasteiger charge is -2.32. The van der Waals surface area contributed by atoms with Gasteiger partial charge in [-0.15, -0.1) is 0 Å². The van der Waals surface area contributed by atoms with Gasteiger partial charge in [0.2, 0.25) is 5.88 Å². The minimum atomic E-state index is -0.199. The van der Waals surface area contributed by atoms with Gasteiger partial charge in [-0.3, -0.25) is 9.69 Å². The van der Waals surface area contributed by atoms with Gasteiger partial charge in [-0.25, -0.2) is 4.98 Å². The molecular weight excluding hydrogens is 364 g/mol. The van der Waals surface area contributed by atoms with Gasteiger partial charge in [0, 0.05) is 45.5 Å². The number of hydrogen-bond donors (Lipinski definition) is 1. The van der Waals surface area contributed by atoms with E-state index in [9.17, 15) is 4.79 Å². The van der Waals surface area contributed by atoms with Crippen LogP contribution in [0.3, 0.4) is 0 Å². The van der Waals surface area contributed by atoms with Crippen LogP contribution in [0.4, 0.5) is 0 Å². The fourth-order valence-electron chi connectivity index (χ4n) is 2.93. The summed E-state index contributed by atoms with van der Waals surface area (Å²) in [5.41, 5.74) is 1.43. The van der Waals surface area contributed by atoms with Gasteiger partial charge in [0.1, 0.15) is 11.3 Å². The van der Waals surface area contributed by atoms with Gasteiger partial charge in [0.25, 0.3) is 5.91 Å². The number of pyridine rings is 1. The molecule has 1 aromatic carbocycles. The highest BCUT2D eigenvalue weighted by Gasteiger charge is 2.17. The molecule has 1 saturated heterocycles. The van der Waals surface area contributed by atoms with E-state index < -0.39 is 0 Å². The first kappa shape index (κ1) is 19.6. The van der Waals surface area contributed by atoms with Crippen molar-refractivity contribution in [2.24, 2.45) is 0 Å². The first-order chi connectivity index (χ1) is 13.0. The van der Waals surface area contributed by atoms with Crippen LogP contribution >= 0.6 is 11.6 Å². The number of nitrogens with zero attached hydrogens (tertiary/aromatic N) is 3. The van der Waals surface area contributed by atoms with E-state index in [0.717, 1.165) is 38.3 Å². The van der Waals surface area contributed by atoms with Crippen LogP contribution in [0.1, 0.15) is 15.9 Å². The fraction of sp³-hybridized carbons (Fsp3) is 0.400. The molecule has 1 fully saturated rings. The summed E-state index contributed by atoms with van der Waals surface area (Å²) >= 11 is 6.23. The lowest BCUT2D eigenvalue weighted by molar-refractivity contribution is 0.0938. The highest BCUT2D eigenvalue weighted by Crippen LogP contribution is 2.30. The minimum absolute atomic E-state index is 0.199. The van der Waals surface area contributed by atoms with E-state index in [-0.39, 0.29) is 11.8 Å². The number of amides is 1. The van der Waals surface area contributed by atoms with Crippen molar-refractivity contribution in [2.45, 2.75) is 6.92 Å². The topological polar surface area (TPSA) is 57.7 Å². The van der Waals surface area contributed by atoms with Crippen LogP contribution < -0.4 is 10.1 Å². The largest absolute Gasteiger partial charge is 0.437 e. The summed E-state index contributed by atoms with van der Waals surface area (Å²) < 4.78 is 5.80. The second kappa shape index (κ2) is 9.17. The maximum atomic E-state index is 12.6. The van der Waals surface area contributed by atoms with Crippen molar-refractivity contribution in [3.63, 3.8) is 0 Å².